The molecule has 0 bridgehead atoms. The molecule has 1 amide bonds. The van der Waals surface area contributed by atoms with Crippen LogP contribution in [0.5, 0.6) is 0 Å². The highest BCUT2D eigenvalue weighted by atomic mass is 19.4. The molecule has 1 saturated heterocycles. The van der Waals surface area contributed by atoms with Gasteiger partial charge >= 0.3 is 6.18 Å². The number of alkyl halides is 3. The lowest BCUT2D eigenvalue weighted by atomic mass is 9.88. The number of carbonyl (C=O) groups excluding carboxylic acids is 1. The molecule has 9 heteroatoms. The first-order valence-corrected chi connectivity index (χ1v) is 10.1. The maximum Gasteiger partial charge on any atom is 0.433 e. The van der Waals surface area contributed by atoms with E-state index in [1.807, 2.05) is 18.2 Å². The van der Waals surface area contributed by atoms with Crippen LogP contribution in [-0.4, -0.2) is 40.2 Å². The summed E-state index contributed by atoms with van der Waals surface area (Å²) in [6.45, 7) is 0.815. The van der Waals surface area contributed by atoms with Crippen molar-refractivity contribution in [3.05, 3.63) is 47.3 Å². The van der Waals surface area contributed by atoms with Gasteiger partial charge in [-0.1, -0.05) is 12.1 Å². The van der Waals surface area contributed by atoms with Crippen molar-refractivity contribution in [3.8, 4) is 0 Å². The Morgan fingerprint density at radius 3 is 2.67 bits per heavy atom. The standard InChI is InChI=1S/C21H23F3N4O2/c22-21(23,24)18-6-9-25-20(27-18)28-10-7-14(8-11-28)19(30)26-17-3-1-2-13-4-5-15(29)12-16(13)17/h1-3,6,9,14-15,29H,4-5,7-8,10-12H2,(H,26,30)/t15-/m1/s1. The van der Waals surface area contributed by atoms with Gasteiger partial charge in [0.05, 0.1) is 6.10 Å². The van der Waals surface area contributed by atoms with Crippen molar-refractivity contribution in [2.24, 2.45) is 5.92 Å². The first kappa shape index (κ1) is 20.6. The van der Waals surface area contributed by atoms with Crippen LogP contribution in [0.15, 0.2) is 30.5 Å². The lowest BCUT2D eigenvalue weighted by Gasteiger charge is -2.32. The number of amides is 1. The van der Waals surface area contributed by atoms with E-state index in [9.17, 15) is 23.1 Å². The second-order valence-electron chi connectivity index (χ2n) is 7.83. The smallest absolute Gasteiger partial charge is 0.393 e. The van der Waals surface area contributed by atoms with E-state index in [2.05, 4.69) is 15.3 Å². The van der Waals surface area contributed by atoms with Crippen LogP contribution in [0, 0.1) is 5.92 Å². The average Bonchev–Trinajstić information content (AvgIpc) is 2.74. The molecule has 2 heterocycles. The van der Waals surface area contributed by atoms with E-state index in [1.54, 1.807) is 4.90 Å². The summed E-state index contributed by atoms with van der Waals surface area (Å²) >= 11 is 0. The van der Waals surface area contributed by atoms with E-state index in [0.717, 1.165) is 41.9 Å². The molecule has 1 atom stereocenters. The fourth-order valence-electron chi connectivity index (χ4n) is 4.12. The molecular weight excluding hydrogens is 397 g/mol. The first-order valence-electron chi connectivity index (χ1n) is 10.1. The molecule has 30 heavy (non-hydrogen) atoms. The number of aliphatic hydroxyl groups excluding tert-OH is 1. The van der Waals surface area contributed by atoms with E-state index < -0.39 is 18.0 Å². The molecule has 0 radical (unpaired) electrons. The fraction of sp³-hybridized carbons (Fsp3) is 0.476. The third kappa shape index (κ3) is 4.40. The van der Waals surface area contributed by atoms with Gasteiger partial charge in [0, 0.05) is 37.3 Å². The van der Waals surface area contributed by atoms with Gasteiger partial charge in [0.15, 0.2) is 0 Å². The second kappa shape index (κ2) is 8.22. The lowest BCUT2D eigenvalue weighted by Crippen LogP contribution is -2.39. The van der Waals surface area contributed by atoms with E-state index in [0.29, 0.717) is 32.4 Å². The molecule has 1 aromatic carbocycles. The van der Waals surface area contributed by atoms with Crippen molar-refractivity contribution >= 4 is 17.5 Å². The van der Waals surface area contributed by atoms with Gasteiger partial charge in [-0.2, -0.15) is 13.2 Å². The molecule has 1 aliphatic heterocycles. The highest BCUT2D eigenvalue weighted by molar-refractivity contribution is 5.93. The third-order valence-electron chi connectivity index (χ3n) is 5.80. The summed E-state index contributed by atoms with van der Waals surface area (Å²) in [4.78, 5) is 22.1. The minimum absolute atomic E-state index is 0.0369. The Hall–Kier alpha value is -2.68. The van der Waals surface area contributed by atoms with Crippen LogP contribution in [0.4, 0.5) is 24.8 Å². The van der Waals surface area contributed by atoms with Crippen molar-refractivity contribution in [1.82, 2.24) is 9.97 Å². The molecule has 2 N–H and O–H groups in total. The summed E-state index contributed by atoms with van der Waals surface area (Å²) in [6, 6.07) is 6.62. The number of nitrogens with zero attached hydrogens (tertiary/aromatic N) is 3. The topological polar surface area (TPSA) is 78.4 Å². The summed E-state index contributed by atoms with van der Waals surface area (Å²) in [5.41, 5.74) is 1.90. The summed E-state index contributed by atoms with van der Waals surface area (Å²) in [5, 5.41) is 13.0. The maximum absolute atomic E-state index is 12.9. The molecule has 160 valence electrons. The maximum atomic E-state index is 12.9. The zero-order valence-corrected chi connectivity index (χ0v) is 16.3. The monoisotopic (exact) mass is 420 g/mol. The summed E-state index contributed by atoms with van der Waals surface area (Å²) in [5.74, 6) is -0.306. The van der Waals surface area contributed by atoms with Crippen molar-refractivity contribution in [2.45, 2.75) is 44.4 Å². The van der Waals surface area contributed by atoms with Gasteiger partial charge in [-0.15, -0.1) is 0 Å². The predicted octanol–water partition coefficient (Wildman–Crippen LogP) is 3.20. The zero-order chi connectivity index (χ0) is 21.3. The van der Waals surface area contributed by atoms with Gasteiger partial charge in [0.25, 0.3) is 0 Å². The highest BCUT2D eigenvalue weighted by Gasteiger charge is 2.34. The average molecular weight is 420 g/mol. The Morgan fingerprint density at radius 1 is 1.17 bits per heavy atom. The number of nitrogens with one attached hydrogen (secondary N) is 1. The number of anilines is 2. The summed E-state index contributed by atoms with van der Waals surface area (Å²) < 4.78 is 38.6. The normalized spacial score (nSPS) is 20.0. The number of piperidine rings is 1. The Bertz CT molecular complexity index is 927. The molecule has 1 aliphatic carbocycles. The fourth-order valence-corrected chi connectivity index (χ4v) is 4.12. The van der Waals surface area contributed by atoms with Gasteiger partial charge in [0.2, 0.25) is 11.9 Å². The van der Waals surface area contributed by atoms with Crippen molar-refractivity contribution in [3.63, 3.8) is 0 Å². The van der Waals surface area contributed by atoms with Crippen molar-refractivity contribution < 1.29 is 23.1 Å². The second-order valence-corrected chi connectivity index (χ2v) is 7.83. The van der Waals surface area contributed by atoms with E-state index in [4.69, 9.17) is 0 Å². The van der Waals surface area contributed by atoms with Crippen LogP contribution in [-0.2, 0) is 23.8 Å². The zero-order valence-electron chi connectivity index (χ0n) is 16.3. The molecule has 1 fully saturated rings. The van der Waals surface area contributed by atoms with Crippen LogP contribution in [0.2, 0.25) is 0 Å². The number of hydrogen-bond acceptors (Lipinski definition) is 5. The van der Waals surface area contributed by atoms with Crippen molar-refractivity contribution in [2.75, 3.05) is 23.3 Å². The Morgan fingerprint density at radius 2 is 1.93 bits per heavy atom. The summed E-state index contributed by atoms with van der Waals surface area (Å²) in [6.07, 6.45) is -0.763. The van der Waals surface area contributed by atoms with Gasteiger partial charge in [-0.25, -0.2) is 9.97 Å². The van der Waals surface area contributed by atoms with E-state index in [-0.39, 0.29) is 17.8 Å². The van der Waals surface area contributed by atoms with Gasteiger partial charge < -0.3 is 15.3 Å². The van der Waals surface area contributed by atoms with E-state index >= 15 is 0 Å². The quantitative estimate of drug-likeness (QED) is 0.798. The number of aryl methyl sites for hydroxylation is 1. The van der Waals surface area contributed by atoms with Crippen molar-refractivity contribution in [1.29, 1.82) is 0 Å². The number of carbonyl (C=O) groups is 1. The van der Waals surface area contributed by atoms with E-state index in [1.165, 1.54) is 0 Å². The number of benzene rings is 1. The minimum Gasteiger partial charge on any atom is -0.393 e. The van der Waals surface area contributed by atoms with Crippen LogP contribution < -0.4 is 10.2 Å². The molecule has 0 spiro atoms. The molecular formula is C21H23F3N4O2. The Balaban J connectivity index is 1.39. The Kier molecular flexibility index (Phi) is 5.64. The number of halogens is 3. The third-order valence-corrected chi connectivity index (χ3v) is 5.80. The van der Waals surface area contributed by atoms with Gasteiger partial charge in [0.1, 0.15) is 5.69 Å². The minimum atomic E-state index is -4.52. The molecule has 6 nitrogen and oxygen atoms in total. The number of rotatable bonds is 3. The SMILES string of the molecule is O=C(Nc1cccc2c1C[C@H](O)CC2)C1CCN(c2nccc(C(F)(F)F)n2)CC1. The number of fused-ring (bicyclic) bond motifs is 1. The first-order chi connectivity index (χ1) is 14.3. The van der Waals surface area contributed by atoms with Crippen LogP contribution in [0.25, 0.3) is 0 Å². The summed E-state index contributed by atoms with van der Waals surface area (Å²) in [7, 11) is 0. The van der Waals surface area contributed by atoms with Crippen LogP contribution >= 0.6 is 0 Å². The lowest BCUT2D eigenvalue weighted by molar-refractivity contribution is -0.141. The largest absolute Gasteiger partial charge is 0.433 e. The Labute approximate surface area is 172 Å². The van der Waals surface area contributed by atoms with Gasteiger partial charge in [-0.3, -0.25) is 4.79 Å². The number of aliphatic hydroxyl groups is 1. The molecule has 2 aromatic rings. The van der Waals surface area contributed by atoms with Gasteiger partial charge in [-0.05, 0) is 48.9 Å². The molecule has 0 saturated carbocycles. The predicted molar refractivity (Wildman–Crippen MR) is 105 cm³/mol. The number of aromatic nitrogens is 2. The molecule has 4 rings (SSSR count). The molecule has 1 aromatic heterocycles. The molecule has 2 aliphatic rings. The van der Waals surface area contributed by atoms with Crippen LogP contribution in [0.1, 0.15) is 36.1 Å². The number of hydrogen-bond donors (Lipinski definition) is 2. The molecule has 0 unspecified atom stereocenters. The van der Waals surface area contributed by atoms with Crippen LogP contribution in [0.3, 0.4) is 0 Å². The highest BCUT2D eigenvalue weighted by Crippen LogP contribution is 2.31.